The normalized spacial score (nSPS) is 19.1. The minimum absolute atomic E-state index is 0.171. The van der Waals surface area contributed by atoms with E-state index in [0.717, 1.165) is 19.7 Å². The Hall–Kier alpha value is -0.160. The minimum Gasteiger partial charge on any atom is -0.382 e. The van der Waals surface area contributed by atoms with Gasteiger partial charge in [0.05, 0.1) is 19.3 Å². The topological polar surface area (TPSA) is 33.7 Å². The standard InChI is InChI=1S/C13H28N2O2/c1-12(2)14-10-13(11-16-3)17-9-8-15-6-4-5-7-15/h12-14H,4-11H2,1-3H3. The van der Waals surface area contributed by atoms with E-state index < -0.39 is 0 Å². The quantitative estimate of drug-likeness (QED) is 0.659. The molecule has 1 atom stereocenters. The molecule has 1 heterocycles. The second-order valence-corrected chi connectivity index (χ2v) is 5.06. The smallest absolute Gasteiger partial charge is 0.0933 e. The summed E-state index contributed by atoms with van der Waals surface area (Å²) in [5.41, 5.74) is 0. The fraction of sp³-hybridized carbons (Fsp3) is 1.00. The monoisotopic (exact) mass is 244 g/mol. The number of nitrogens with zero attached hydrogens (tertiary/aromatic N) is 1. The average molecular weight is 244 g/mol. The molecule has 0 saturated carbocycles. The van der Waals surface area contributed by atoms with Crippen molar-refractivity contribution in [3.05, 3.63) is 0 Å². The zero-order valence-electron chi connectivity index (χ0n) is 11.6. The molecule has 1 saturated heterocycles. The third-order valence-electron chi connectivity index (χ3n) is 3.07. The first kappa shape index (κ1) is 14.9. The van der Waals surface area contributed by atoms with Gasteiger partial charge in [0.15, 0.2) is 0 Å². The van der Waals surface area contributed by atoms with Crippen LogP contribution in [0.25, 0.3) is 0 Å². The molecule has 0 aromatic heterocycles. The van der Waals surface area contributed by atoms with Crippen molar-refractivity contribution >= 4 is 0 Å². The highest BCUT2D eigenvalue weighted by Crippen LogP contribution is 2.06. The molecule has 0 spiro atoms. The summed E-state index contributed by atoms with van der Waals surface area (Å²) in [5, 5.41) is 3.39. The Morgan fingerprint density at radius 1 is 1.24 bits per heavy atom. The first-order valence-corrected chi connectivity index (χ1v) is 6.78. The van der Waals surface area contributed by atoms with Crippen molar-refractivity contribution in [2.75, 3.05) is 46.5 Å². The van der Waals surface area contributed by atoms with Gasteiger partial charge in [-0.1, -0.05) is 13.8 Å². The largest absolute Gasteiger partial charge is 0.382 e. The maximum atomic E-state index is 5.87. The van der Waals surface area contributed by atoms with Crippen LogP contribution in [0.3, 0.4) is 0 Å². The second kappa shape index (κ2) is 8.86. The van der Waals surface area contributed by atoms with Crippen LogP contribution >= 0.6 is 0 Å². The zero-order chi connectivity index (χ0) is 12.5. The van der Waals surface area contributed by atoms with Crippen molar-refractivity contribution < 1.29 is 9.47 Å². The predicted molar refractivity (Wildman–Crippen MR) is 70.4 cm³/mol. The van der Waals surface area contributed by atoms with Crippen molar-refractivity contribution in [1.29, 1.82) is 0 Å². The number of methoxy groups -OCH3 is 1. The lowest BCUT2D eigenvalue weighted by Crippen LogP contribution is -2.37. The van der Waals surface area contributed by atoms with Crippen molar-refractivity contribution in [3.8, 4) is 0 Å². The van der Waals surface area contributed by atoms with Crippen LogP contribution in [0.4, 0.5) is 0 Å². The summed E-state index contributed by atoms with van der Waals surface area (Å²) in [6.45, 7) is 10.2. The Morgan fingerprint density at radius 2 is 1.94 bits per heavy atom. The van der Waals surface area contributed by atoms with E-state index in [-0.39, 0.29) is 6.10 Å². The van der Waals surface area contributed by atoms with Gasteiger partial charge in [-0.15, -0.1) is 0 Å². The molecule has 1 N–H and O–H groups in total. The lowest BCUT2D eigenvalue weighted by atomic mass is 10.3. The van der Waals surface area contributed by atoms with Gasteiger partial charge in [0.25, 0.3) is 0 Å². The molecule has 1 rings (SSSR count). The van der Waals surface area contributed by atoms with Crippen LogP contribution in [0.1, 0.15) is 26.7 Å². The Morgan fingerprint density at radius 3 is 2.53 bits per heavy atom. The summed E-state index contributed by atoms with van der Waals surface area (Å²) in [6, 6.07) is 0.497. The van der Waals surface area contributed by atoms with E-state index in [1.54, 1.807) is 7.11 Å². The summed E-state index contributed by atoms with van der Waals surface area (Å²) in [5.74, 6) is 0. The Balaban J connectivity index is 2.09. The van der Waals surface area contributed by atoms with Gasteiger partial charge in [0.2, 0.25) is 0 Å². The van der Waals surface area contributed by atoms with Crippen LogP contribution < -0.4 is 5.32 Å². The molecule has 4 nitrogen and oxygen atoms in total. The third-order valence-corrected chi connectivity index (χ3v) is 3.07. The summed E-state index contributed by atoms with van der Waals surface area (Å²) < 4.78 is 11.0. The van der Waals surface area contributed by atoms with Crippen LogP contribution in [-0.4, -0.2) is 63.5 Å². The summed E-state index contributed by atoms with van der Waals surface area (Å²) in [7, 11) is 1.73. The molecule has 0 aromatic carbocycles. The van der Waals surface area contributed by atoms with E-state index in [1.807, 2.05) is 0 Å². The third kappa shape index (κ3) is 6.99. The maximum Gasteiger partial charge on any atom is 0.0933 e. The van der Waals surface area contributed by atoms with Crippen LogP contribution in [-0.2, 0) is 9.47 Å². The van der Waals surface area contributed by atoms with Gasteiger partial charge in [-0.3, -0.25) is 0 Å². The number of hydrogen-bond acceptors (Lipinski definition) is 4. The molecule has 102 valence electrons. The number of hydrogen-bond donors (Lipinski definition) is 1. The lowest BCUT2D eigenvalue weighted by molar-refractivity contribution is -0.00805. The highest BCUT2D eigenvalue weighted by molar-refractivity contribution is 4.67. The van der Waals surface area contributed by atoms with E-state index in [4.69, 9.17) is 9.47 Å². The molecule has 1 aliphatic rings. The van der Waals surface area contributed by atoms with Crippen LogP contribution in [0.5, 0.6) is 0 Å². The Labute approximate surface area is 106 Å². The first-order valence-electron chi connectivity index (χ1n) is 6.78. The van der Waals surface area contributed by atoms with Gasteiger partial charge in [-0.2, -0.15) is 0 Å². The van der Waals surface area contributed by atoms with E-state index in [9.17, 15) is 0 Å². The van der Waals surface area contributed by atoms with E-state index in [1.165, 1.54) is 25.9 Å². The maximum absolute atomic E-state index is 5.87. The van der Waals surface area contributed by atoms with E-state index in [2.05, 4.69) is 24.1 Å². The van der Waals surface area contributed by atoms with Crippen molar-refractivity contribution in [3.63, 3.8) is 0 Å². The van der Waals surface area contributed by atoms with Gasteiger partial charge >= 0.3 is 0 Å². The number of nitrogens with one attached hydrogen (secondary N) is 1. The first-order chi connectivity index (χ1) is 8.22. The molecule has 1 fully saturated rings. The minimum atomic E-state index is 0.171. The summed E-state index contributed by atoms with van der Waals surface area (Å²) in [4.78, 5) is 2.47. The van der Waals surface area contributed by atoms with Crippen molar-refractivity contribution in [2.24, 2.45) is 0 Å². The van der Waals surface area contributed by atoms with Gasteiger partial charge in [-0.25, -0.2) is 0 Å². The van der Waals surface area contributed by atoms with Gasteiger partial charge in [-0.05, 0) is 25.9 Å². The van der Waals surface area contributed by atoms with Crippen molar-refractivity contribution in [1.82, 2.24) is 10.2 Å². The zero-order valence-corrected chi connectivity index (χ0v) is 11.6. The molecule has 0 radical (unpaired) electrons. The van der Waals surface area contributed by atoms with Crippen molar-refractivity contribution in [2.45, 2.75) is 38.8 Å². The van der Waals surface area contributed by atoms with E-state index in [0.29, 0.717) is 12.6 Å². The fourth-order valence-electron chi connectivity index (χ4n) is 2.07. The molecule has 17 heavy (non-hydrogen) atoms. The van der Waals surface area contributed by atoms with Gasteiger partial charge < -0.3 is 19.7 Å². The average Bonchev–Trinajstić information content (AvgIpc) is 2.78. The summed E-state index contributed by atoms with van der Waals surface area (Å²) >= 11 is 0. The SMILES string of the molecule is COCC(CNC(C)C)OCCN1CCCC1. The molecule has 0 bridgehead atoms. The van der Waals surface area contributed by atoms with Gasteiger partial charge in [0, 0.05) is 26.2 Å². The highest BCUT2D eigenvalue weighted by atomic mass is 16.5. The lowest BCUT2D eigenvalue weighted by Gasteiger charge is -2.21. The van der Waals surface area contributed by atoms with Gasteiger partial charge in [0.1, 0.15) is 0 Å². The molecule has 1 aliphatic heterocycles. The summed E-state index contributed by atoms with van der Waals surface area (Å²) in [6.07, 6.45) is 2.86. The Bertz CT molecular complexity index is 182. The fourth-order valence-corrected chi connectivity index (χ4v) is 2.07. The second-order valence-electron chi connectivity index (χ2n) is 5.06. The molecular formula is C13H28N2O2. The van der Waals surface area contributed by atoms with E-state index >= 15 is 0 Å². The molecule has 0 amide bonds. The number of ether oxygens (including phenoxy) is 2. The molecular weight excluding hydrogens is 216 g/mol. The predicted octanol–water partition coefficient (Wildman–Crippen LogP) is 1.11. The number of rotatable bonds is 9. The molecule has 0 aliphatic carbocycles. The molecule has 4 heteroatoms. The Kier molecular flexibility index (Phi) is 7.77. The molecule has 0 aromatic rings. The number of likely N-dealkylation sites (tertiary alicyclic amines) is 1. The van der Waals surface area contributed by atoms with Crippen LogP contribution in [0, 0.1) is 0 Å². The highest BCUT2D eigenvalue weighted by Gasteiger charge is 2.13. The molecule has 1 unspecified atom stereocenters. The van der Waals surface area contributed by atoms with Crippen LogP contribution in [0.2, 0.25) is 0 Å². The van der Waals surface area contributed by atoms with Crippen LogP contribution in [0.15, 0.2) is 0 Å².